The minimum Gasteiger partial charge on any atom is -0.328 e. The fraction of sp³-hybridized carbons (Fsp3) is 0.500. The standard InChI is InChI=1S/C12H16N2OS/c1-2-8-14-11(15)10(13-12(14)16)9-6-4-3-5-7-9/h2H,1,3-8H2,(H,13,16). The zero-order valence-electron chi connectivity index (χ0n) is 9.29. The van der Waals surface area contributed by atoms with E-state index >= 15 is 0 Å². The van der Waals surface area contributed by atoms with Gasteiger partial charge in [0.2, 0.25) is 0 Å². The third-order valence-electron chi connectivity index (χ3n) is 3.06. The van der Waals surface area contributed by atoms with Gasteiger partial charge in [-0.25, -0.2) is 0 Å². The van der Waals surface area contributed by atoms with Crippen molar-refractivity contribution in [3.8, 4) is 0 Å². The van der Waals surface area contributed by atoms with Crippen LogP contribution in [0.5, 0.6) is 0 Å². The highest BCUT2D eigenvalue weighted by molar-refractivity contribution is 7.80. The third kappa shape index (κ3) is 2.02. The molecule has 1 aliphatic heterocycles. The number of allylic oxidation sites excluding steroid dienone is 1. The van der Waals surface area contributed by atoms with Crippen molar-refractivity contribution >= 4 is 23.2 Å². The minimum absolute atomic E-state index is 0.0156. The number of nitrogens with zero attached hydrogens (tertiary/aromatic N) is 1. The van der Waals surface area contributed by atoms with E-state index in [0.717, 1.165) is 18.5 Å². The summed E-state index contributed by atoms with van der Waals surface area (Å²) in [6.45, 7) is 4.12. The molecule has 0 aromatic carbocycles. The van der Waals surface area contributed by atoms with Gasteiger partial charge in [-0.3, -0.25) is 9.69 Å². The topological polar surface area (TPSA) is 32.3 Å². The Balaban J connectivity index is 2.21. The summed E-state index contributed by atoms with van der Waals surface area (Å²) in [5, 5.41) is 3.56. The summed E-state index contributed by atoms with van der Waals surface area (Å²) < 4.78 is 0. The molecule has 0 bridgehead atoms. The Labute approximate surface area is 101 Å². The number of amides is 1. The van der Waals surface area contributed by atoms with Gasteiger partial charge in [-0.2, -0.15) is 0 Å². The predicted molar refractivity (Wildman–Crippen MR) is 67.8 cm³/mol. The number of rotatable bonds is 2. The molecule has 2 rings (SSSR count). The maximum atomic E-state index is 12.1. The molecule has 0 radical (unpaired) electrons. The van der Waals surface area contributed by atoms with Gasteiger partial charge in [-0.05, 0) is 43.5 Å². The third-order valence-corrected chi connectivity index (χ3v) is 3.38. The number of nitrogens with one attached hydrogen (secondary N) is 1. The Morgan fingerprint density at radius 1 is 1.38 bits per heavy atom. The summed E-state index contributed by atoms with van der Waals surface area (Å²) in [6, 6.07) is 0. The number of hydrogen-bond donors (Lipinski definition) is 1. The highest BCUT2D eigenvalue weighted by Gasteiger charge is 2.32. The van der Waals surface area contributed by atoms with Crippen molar-refractivity contribution in [1.82, 2.24) is 10.2 Å². The van der Waals surface area contributed by atoms with Gasteiger partial charge in [0.05, 0.1) is 0 Å². The van der Waals surface area contributed by atoms with Crippen molar-refractivity contribution < 1.29 is 4.79 Å². The lowest BCUT2D eigenvalue weighted by molar-refractivity contribution is -0.122. The highest BCUT2D eigenvalue weighted by atomic mass is 32.1. The summed E-state index contributed by atoms with van der Waals surface area (Å²) in [5.41, 5.74) is 1.97. The van der Waals surface area contributed by atoms with E-state index in [4.69, 9.17) is 12.2 Å². The summed E-state index contributed by atoms with van der Waals surface area (Å²) >= 11 is 5.14. The smallest absolute Gasteiger partial charge is 0.276 e. The maximum Gasteiger partial charge on any atom is 0.276 e. The van der Waals surface area contributed by atoms with E-state index < -0.39 is 0 Å². The molecule has 0 spiro atoms. The van der Waals surface area contributed by atoms with Crippen LogP contribution in [0.1, 0.15) is 32.1 Å². The summed E-state index contributed by atoms with van der Waals surface area (Å²) in [5.74, 6) is 0.0156. The van der Waals surface area contributed by atoms with Crippen LogP contribution in [0.15, 0.2) is 23.9 Å². The fourth-order valence-corrected chi connectivity index (χ4v) is 2.48. The van der Waals surface area contributed by atoms with Crippen LogP contribution >= 0.6 is 12.2 Å². The lowest BCUT2D eigenvalue weighted by Crippen LogP contribution is -2.30. The van der Waals surface area contributed by atoms with E-state index in [-0.39, 0.29) is 5.91 Å². The molecule has 2 aliphatic rings. The lowest BCUT2D eigenvalue weighted by atomic mass is 9.93. The Morgan fingerprint density at radius 2 is 2.06 bits per heavy atom. The zero-order chi connectivity index (χ0) is 11.5. The van der Waals surface area contributed by atoms with Crippen molar-refractivity contribution in [3.05, 3.63) is 23.9 Å². The molecule has 1 saturated heterocycles. The molecule has 1 aliphatic carbocycles. The van der Waals surface area contributed by atoms with Crippen molar-refractivity contribution in [2.24, 2.45) is 0 Å². The van der Waals surface area contributed by atoms with Crippen molar-refractivity contribution in [1.29, 1.82) is 0 Å². The van der Waals surface area contributed by atoms with Gasteiger partial charge in [-0.15, -0.1) is 6.58 Å². The molecule has 16 heavy (non-hydrogen) atoms. The predicted octanol–water partition coefficient (Wildman–Crippen LogP) is 2.11. The number of carbonyl (C=O) groups excluding carboxylic acids is 1. The molecule has 1 heterocycles. The van der Waals surface area contributed by atoms with Crippen LogP contribution in [0.3, 0.4) is 0 Å². The average molecular weight is 236 g/mol. The van der Waals surface area contributed by atoms with E-state index in [9.17, 15) is 4.79 Å². The van der Waals surface area contributed by atoms with Crippen LogP contribution in [-0.4, -0.2) is 22.5 Å². The maximum absolute atomic E-state index is 12.1. The molecule has 0 unspecified atom stereocenters. The Bertz CT molecular complexity index is 365. The van der Waals surface area contributed by atoms with Gasteiger partial charge in [0.25, 0.3) is 5.91 Å². The fourth-order valence-electron chi connectivity index (χ4n) is 2.22. The van der Waals surface area contributed by atoms with Gasteiger partial charge >= 0.3 is 0 Å². The van der Waals surface area contributed by atoms with E-state index in [1.54, 1.807) is 11.0 Å². The number of thiocarbonyl (C=S) groups is 1. The van der Waals surface area contributed by atoms with Gasteiger partial charge in [-0.1, -0.05) is 12.5 Å². The molecule has 86 valence electrons. The minimum atomic E-state index is 0.0156. The SMILES string of the molecule is C=CCN1C(=O)C(=C2CCCCC2)NC1=S. The van der Waals surface area contributed by atoms with Crippen LogP contribution in [0.2, 0.25) is 0 Å². The second kappa shape index (κ2) is 4.78. The van der Waals surface area contributed by atoms with Crippen LogP contribution in [-0.2, 0) is 4.79 Å². The first-order chi connectivity index (χ1) is 7.74. The molecular weight excluding hydrogens is 220 g/mol. The van der Waals surface area contributed by atoms with Gasteiger partial charge < -0.3 is 5.32 Å². The van der Waals surface area contributed by atoms with Crippen LogP contribution in [0, 0.1) is 0 Å². The second-order valence-corrected chi connectivity index (χ2v) is 4.56. The first-order valence-electron chi connectivity index (χ1n) is 5.70. The quantitative estimate of drug-likeness (QED) is 0.453. The first kappa shape index (κ1) is 11.3. The Kier molecular flexibility index (Phi) is 3.39. The molecule has 1 N–H and O–H groups in total. The van der Waals surface area contributed by atoms with Crippen LogP contribution < -0.4 is 5.32 Å². The van der Waals surface area contributed by atoms with Crippen molar-refractivity contribution in [2.75, 3.05) is 6.54 Å². The summed E-state index contributed by atoms with van der Waals surface area (Å²) in [4.78, 5) is 13.6. The second-order valence-electron chi connectivity index (χ2n) is 4.17. The number of hydrogen-bond acceptors (Lipinski definition) is 2. The Morgan fingerprint density at radius 3 is 2.69 bits per heavy atom. The van der Waals surface area contributed by atoms with E-state index in [1.165, 1.54) is 24.8 Å². The van der Waals surface area contributed by atoms with E-state index in [0.29, 0.717) is 11.7 Å². The van der Waals surface area contributed by atoms with E-state index in [2.05, 4.69) is 11.9 Å². The number of carbonyl (C=O) groups is 1. The van der Waals surface area contributed by atoms with Gasteiger partial charge in [0.1, 0.15) is 5.70 Å². The molecule has 3 nitrogen and oxygen atoms in total. The summed E-state index contributed by atoms with van der Waals surface area (Å²) in [6.07, 6.45) is 7.38. The molecule has 2 fully saturated rings. The highest BCUT2D eigenvalue weighted by Crippen LogP contribution is 2.27. The summed E-state index contributed by atoms with van der Waals surface area (Å²) in [7, 11) is 0. The van der Waals surface area contributed by atoms with Crippen molar-refractivity contribution in [2.45, 2.75) is 32.1 Å². The van der Waals surface area contributed by atoms with Crippen LogP contribution in [0.25, 0.3) is 0 Å². The van der Waals surface area contributed by atoms with E-state index in [1.807, 2.05) is 0 Å². The molecular formula is C12H16N2OS. The monoisotopic (exact) mass is 236 g/mol. The largest absolute Gasteiger partial charge is 0.328 e. The average Bonchev–Trinajstić information content (AvgIpc) is 2.59. The Hall–Kier alpha value is -1.16. The molecule has 0 atom stereocenters. The van der Waals surface area contributed by atoms with Crippen molar-refractivity contribution in [3.63, 3.8) is 0 Å². The first-order valence-corrected chi connectivity index (χ1v) is 6.10. The van der Waals surface area contributed by atoms with Crippen LogP contribution in [0.4, 0.5) is 0 Å². The zero-order valence-corrected chi connectivity index (χ0v) is 10.1. The molecule has 4 heteroatoms. The lowest BCUT2D eigenvalue weighted by Gasteiger charge is -2.15. The molecule has 1 amide bonds. The molecule has 0 aromatic rings. The molecule has 0 aromatic heterocycles. The molecule has 1 saturated carbocycles. The van der Waals surface area contributed by atoms with Gasteiger partial charge in [0, 0.05) is 6.54 Å². The van der Waals surface area contributed by atoms with Gasteiger partial charge in [0.15, 0.2) is 5.11 Å². The normalized spacial score (nSPS) is 21.4.